The molecule has 266 valence electrons. The van der Waals surface area contributed by atoms with Crippen LogP contribution in [0.3, 0.4) is 0 Å². The fourth-order valence-corrected chi connectivity index (χ4v) is 5.91. The first-order valence-corrected chi connectivity index (χ1v) is 19.7. The molecule has 0 spiro atoms. The van der Waals surface area contributed by atoms with Gasteiger partial charge < -0.3 is 20.6 Å². The maximum atomic E-state index is 12.4. The minimum absolute atomic E-state index is 0.373. The molecular formula is C40H77NO4. The van der Waals surface area contributed by atoms with E-state index in [-0.39, 0.29) is 6.61 Å². The molecule has 5 heteroatoms. The van der Waals surface area contributed by atoms with E-state index in [2.05, 4.69) is 31.3 Å². The molecule has 0 aliphatic carbocycles. The molecule has 0 aliphatic heterocycles. The summed E-state index contributed by atoms with van der Waals surface area (Å²) in [5.74, 6) is -0.512. The number of allylic oxidation sites excluding steroid dienone is 3. The lowest BCUT2D eigenvalue weighted by Gasteiger charge is -2.21. The largest absolute Gasteiger partial charge is 0.394 e. The molecule has 0 fully saturated rings. The second-order valence-corrected chi connectivity index (χ2v) is 13.5. The predicted octanol–water partition coefficient (Wildman–Crippen LogP) is 10.7. The van der Waals surface area contributed by atoms with E-state index in [9.17, 15) is 20.1 Å². The van der Waals surface area contributed by atoms with E-state index in [0.717, 1.165) is 38.5 Å². The van der Waals surface area contributed by atoms with Crippen molar-refractivity contribution in [3.8, 4) is 0 Å². The van der Waals surface area contributed by atoms with Crippen LogP contribution >= 0.6 is 0 Å². The van der Waals surface area contributed by atoms with Crippen molar-refractivity contribution in [3.05, 3.63) is 24.3 Å². The monoisotopic (exact) mass is 636 g/mol. The summed E-state index contributed by atoms with van der Waals surface area (Å²) in [5, 5.41) is 33.0. The summed E-state index contributed by atoms with van der Waals surface area (Å²) < 4.78 is 0. The van der Waals surface area contributed by atoms with E-state index in [0.29, 0.717) is 6.42 Å². The molecule has 0 saturated carbocycles. The van der Waals surface area contributed by atoms with Crippen molar-refractivity contribution in [2.45, 2.75) is 218 Å². The Morgan fingerprint density at radius 2 is 0.911 bits per heavy atom. The quantitative estimate of drug-likeness (QED) is 0.0412. The van der Waals surface area contributed by atoms with E-state index in [1.54, 1.807) is 6.08 Å². The van der Waals surface area contributed by atoms with Crippen molar-refractivity contribution in [1.82, 2.24) is 5.32 Å². The lowest BCUT2D eigenvalue weighted by atomic mass is 10.0. The summed E-state index contributed by atoms with van der Waals surface area (Å²) in [4.78, 5) is 12.4. The van der Waals surface area contributed by atoms with Gasteiger partial charge in [-0.15, -0.1) is 0 Å². The van der Waals surface area contributed by atoms with Crippen LogP contribution in [0.4, 0.5) is 0 Å². The van der Waals surface area contributed by atoms with Gasteiger partial charge in [0.05, 0.1) is 18.8 Å². The highest BCUT2D eigenvalue weighted by molar-refractivity contribution is 5.80. The van der Waals surface area contributed by atoms with Gasteiger partial charge in [-0.05, 0) is 32.1 Å². The maximum Gasteiger partial charge on any atom is 0.249 e. The number of aliphatic hydroxyl groups excluding tert-OH is 3. The van der Waals surface area contributed by atoms with Crippen molar-refractivity contribution in [1.29, 1.82) is 0 Å². The summed E-state index contributed by atoms with van der Waals surface area (Å²) in [6.45, 7) is 4.16. The molecule has 1 amide bonds. The van der Waals surface area contributed by atoms with Gasteiger partial charge in [-0.3, -0.25) is 4.79 Å². The highest BCUT2D eigenvalue weighted by Crippen LogP contribution is 2.15. The zero-order valence-electron chi connectivity index (χ0n) is 30.0. The average molecular weight is 636 g/mol. The number of unbranched alkanes of at least 4 members (excludes halogenated alkanes) is 25. The van der Waals surface area contributed by atoms with Crippen molar-refractivity contribution in [3.63, 3.8) is 0 Å². The molecule has 0 aliphatic rings. The standard InChI is InChI=1S/C40H77NO4/c1-3-5-7-9-11-13-15-17-19-20-21-23-24-26-28-30-32-34-38(43)37(36-42)41-40(45)39(44)35-33-31-29-27-25-22-18-16-14-12-10-8-6-4-2/h24,26,32,34,37-39,42-44H,3-23,25,27-31,33,35-36H2,1-2H3,(H,41,45)/b26-24+,34-32+. The van der Waals surface area contributed by atoms with E-state index in [1.807, 2.05) is 6.08 Å². The number of rotatable bonds is 35. The highest BCUT2D eigenvalue weighted by atomic mass is 16.3. The number of aliphatic hydroxyl groups is 3. The van der Waals surface area contributed by atoms with Gasteiger partial charge in [-0.25, -0.2) is 0 Å². The van der Waals surface area contributed by atoms with Gasteiger partial charge in [0.15, 0.2) is 0 Å². The second kappa shape index (κ2) is 35.7. The second-order valence-electron chi connectivity index (χ2n) is 13.5. The first-order valence-electron chi connectivity index (χ1n) is 19.7. The fraction of sp³-hybridized carbons (Fsp3) is 0.875. The van der Waals surface area contributed by atoms with Crippen LogP contribution in [0.1, 0.15) is 200 Å². The smallest absolute Gasteiger partial charge is 0.249 e. The van der Waals surface area contributed by atoms with Crippen LogP contribution in [-0.2, 0) is 4.79 Å². The summed E-state index contributed by atoms with van der Waals surface area (Å²) in [6.07, 6.45) is 42.0. The van der Waals surface area contributed by atoms with E-state index in [1.165, 1.54) is 141 Å². The van der Waals surface area contributed by atoms with Gasteiger partial charge in [-0.1, -0.05) is 192 Å². The molecule has 3 atom stereocenters. The third kappa shape index (κ3) is 31.2. The number of hydrogen-bond donors (Lipinski definition) is 4. The van der Waals surface area contributed by atoms with Crippen molar-refractivity contribution in [2.24, 2.45) is 0 Å². The normalized spacial score (nSPS) is 14.0. The highest BCUT2D eigenvalue weighted by Gasteiger charge is 2.22. The number of hydrogen-bond acceptors (Lipinski definition) is 4. The molecule has 0 saturated heterocycles. The molecule has 3 unspecified atom stereocenters. The zero-order chi connectivity index (χ0) is 33.1. The Balaban J connectivity index is 3.76. The SMILES string of the molecule is CCCCCCCCCCCCC/C=C/CC/C=C/C(O)C(CO)NC(=O)C(O)CCCCCCCCCCCCCCCC. The Morgan fingerprint density at radius 1 is 0.533 bits per heavy atom. The van der Waals surface area contributed by atoms with Crippen LogP contribution in [0.15, 0.2) is 24.3 Å². The molecule has 0 aromatic rings. The van der Waals surface area contributed by atoms with Crippen LogP contribution in [-0.4, -0.2) is 46.1 Å². The first kappa shape index (κ1) is 43.8. The minimum Gasteiger partial charge on any atom is -0.394 e. The van der Waals surface area contributed by atoms with Gasteiger partial charge in [-0.2, -0.15) is 0 Å². The van der Waals surface area contributed by atoms with Crippen molar-refractivity contribution < 1.29 is 20.1 Å². The number of nitrogens with one attached hydrogen (secondary N) is 1. The van der Waals surface area contributed by atoms with Gasteiger partial charge >= 0.3 is 0 Å². The molecule has 0 radical (unpaired) electrons. The lowest BCUT2D eigenvalue weighted by molar-refractivity contribution is -0.131. The summed E-state index contributed by atoms with van der Waals surface area (Å²) in [7, 11) is 0. The summed E-state index contributed by atoms with van der Waals surface area (Å²) in [6, 6.07) is -0.809. The maximum absolute atomic E-state index is 12.4. The predicted molar refractivity (Wildman–Crippen MR) is 195 cm³/mol. The zero-order valence-corrected chi connectivity index (χ0v) is 30.0. The molecular weight excluding hydrogens is 558 g/mol. The van der Waals surface area contributed by atoms with Gasteiger partial charge in [0, 0.05) is 0 Å². The Labute approximate surface area is 280 Å². The lowest BCUT2D eigenvalue weighted by Crippen LogP contribution is -2.48. The molecule has 0 heterocycles. The van der Waals surface area contributed by atoms with Gasteiger partial charge in [0.1, 0.15) is 6.10 Å². The third-order valence-electron chi connectivity index (χ3n) is 9.04. The topological polar surface area (TPSA) is 89.8 Å². The molecule has 5 nitrogen and oxygen atoms in total. The van der Waals surface area contributed by atoms with Crippen molar-refractivity contribution >= 4 is 5.91 Å². The van der Waals surface area contributed by atoms with Gasteiger partial charge in [0.2, 0.25) is 5.91 Å². The average Bonchev–Trinajstić information content (AvgIpc) is 3.04. The number of amides is 1. The first-order chi connectivity index (χ1) is 22.1. The van der Waals surface area contributed by atoms with Crippen LogP contribution in [0.2, 0.25) is 0 Å². The Hall–Kier alpha value is -1.17. The van der Waals surface area contributed by atoms with Crippen LogP contribution < -0.4 is 5.32 Å². The minimum atomic E-state index is -1.10. The van der Waals surface area contributed by atoms with Crippen LogP contribution in [0.5, 0.6) is 0 Å². The van der Waals surface area contributed by atoms with Crippen LogP contribution in [0.25, 0.3) is 0 Å². The Bertz CT molecular complexity index is 665. The molecule has 45 heavy (non-hydrogen) atoms. The number of carbonyl (C=O) groups excluding carboxylic acids is 1. The van der Waals surface area contributed by atoms with E-state index in [4.69, 9.17) is 0 Å². The summed E-state index contributed by atoms with van der Waals surface area (Å²) in [5.41, 5.74) is 0. The molecule has 0 bridgehead atoms. The number of carbonyl (C=O) groups is 1. The molecule has 4 N–H and O–H groups in total. The van der Waals surface area contributed by atoms with Gasteiger partial charge in [0.25, 0.3) is 0 Å². The third-order valence-corrected chi connectivity index (χ3v) is 9.04. The molecule has 0 aromatic carbocycles. The molecule has 0 rings (SSSR count). The fourth-order valence-electron chi connectivity index (χ4n) is 5.91. The Morgan fingerprint density at radius 3 is 1.36 bits per heavy atom. The Kier molecular flexibility index (Phi) is 34.8. The van der Waals surface area contributed by atoms with Crippen LogP contribution in [0, 0.1) is 0 Å². The van der Waals surface area contributed by atoms with E-state index >= 15 is 0 Å². The van der Waals surface area contributed by atoms with E-state index < -0.39 is 24.2 Å². The summed E-state index contributed by atoms with van der Waals surface area (Å²) >= 11 is 0. The molecule has 0 aromatic heterocycles. The van der Waals surface area contributed by atoms with Crippen molar-refractivity contribution in [2.75, 3.05) is 6.61 Å².